The van der Waals surface area contributed by atoms with Crippen LogP contribution in [0.2, 0.25) is 0 Å². The molecule has 0 spiro atoms. The van der Waals surface area contributed by atoms with Crippen LogP contribution in [0.1, 0.15) is 12.8 Å². The van der Waals surface area contributed by atoms with E-state index in [1.807, 2.05) is 16.9 Å². The SMILES string of the molecule is [c]1ccn(CC2CCCO2)n1. The molecule has 0 aromatic carbocycles. The third-order valence-electron chi connectivity index (χ3n) is 1.92. The highest BCUT2D eigenvalue weighted by Gasteiger charge is 2.15. The van der Waals surface area contributed by atoms with E-state index >= 15 is 0 Å². The van der Waals surface area contributed by atoms with E-state index in [9.17, 15) is 0 Å². The van der Waals surface area contributed by atoms with Gasteiger partial charge in [-0.25, -0.2) is 0 Å². The van der Waals surface area contributed by atoms with Crippen LogP contribution in [0.25, 0.3) is 0 Å². The van der Waals surface area contributed by atoms with Crippen LogP contribution in [0.3, 0.4) is 0 Å². The van der Waals surface area contributed by atoms with Crippen molar-refractivity contribution in [3.8, 4) is 0 Å². The zero-order chi connectivity index (χ0) is 7.52. The number of hydrogen-bond acceptors (Lipinski definition) is 2. The first kappa shape index (κ1) is 6.85. The van der Waals surface area contributed by atoms with Gasteiger partial charge in [-0.15, -0.1) is 0 Å². The highest BCUT2D eigenvalue weighted by Crippen LogP contribution is 2.12. The molecule has 0 aliphatic carbocycles. The predicted octanol–water partition coefficient (Wildman–Crippen LogP) is 0.862. The monoisotopic (exact) mass is 151 g/mol. The second-order valence-electron chi connectivity index (χ2n) is 2.80. The van der Waals surface area contributed by atoms with E-state index in [1.165, 1.54) is 12.8 Å². The summed E-state index contributed by atoms with van der Waals surface area (Å²) in [6.45, 7) is 1.79. The summed E-state index contributed by atoms with van der Waals surface area (Å²) in [5, 5.41) is 3.99. The van der Waals surface area contributed by atoms with Gasteiger partial charge in [-0.3, -0.25) is 4.68 Å². The van der Waals surface area contributed by atoms with Crippen molar-refractivity contribution in [1.29, 1.82) is 0 Å². The molecule has 0 N–H and O–H groups in total. The second-order valence-corrected chi connectivity index (χ2v) is 2.80. The molecule has 1 radical (unpaired) electrons. The standard InChI is InChI=1S/C8H11N2O/c1-3-8(11-6-1)7-10-5-2-4-9-10/h2,5,8H,1,3,6-7H2. The first-order valence-electron chi connectivity index (χ1n) is 3.96. The third-order valence-corrected chi connectivity index (χ3v) is 1.92. The lowest BCUT2D eigenvalue weighted by molar-refractivity contribution is 0.0940. The Morgan fingerprint density at radius 1 is 1.73 bits per heavy atom. The molecule has 11 heavy (non-hydrogen) atoms. The van der Waals surface area contributed by atoms with Gasteiger partial charge in [0.15, 0.2) is 0 Å². The molecule has 1 aromatic heterocycles. The minimum absolute atomic E-state index is 0.378. The molecule has 2 rings (SSSR count). The Morgan fingerprint density at radius 3 is 3.36 bits per heavy atom. The molecule has 1 saturated heterocycles. The van der Waals surface area contributed by atoms with Gasteiger partial charge < -0.3 is 4.74 Å². The van der Waals surface area contributed by atoms with Crippen molar-refractivity contribution in [2.24, 2.45) is 0 Å². The molecule has 1 unspecified atom stereocenters. The molecule has 0 bridgehead atoms. The molecule has 1 aliphatic rings. The second kappa shape index (κ2) is 3.05. The Bertz CT molecular complexity index is 202. The van der Waals surface area contributed by atoms with Crippen LogP contribution in [0.15, 0.2) is 12.3 Å². The third kappa shape index (κ3) is 1.60. The van der Waals surface area contributed by atoms with Crippen LogP contribution in [0.4, 0.5) is 0 Å². The lowest BCUT2D eigenvalue weighted by atomic mass is 10.2. The van der Waals surface area contributed by atoms with E-state index in [0.717, 1.165) is 13.2 Å². The predicted molar refractivity (Wildman–Crippen MR) is 40.0 cm³/mol. The number of ether oxygens (including phenoxy) is 1. The lowest BCUT2D eigenvalue weighted by Gasteiger charge is -2.07. The molecule has 1 atom stereocenters. The van der Waals surface area contributed by atoms with E-state index < -0.39 is 0 Å². The van der Waals surface area contributed by atoms with E-state index in [2.05, 4.69) is 11.3 Å². The van der Waals surface area contributed by atoms with Crippen molar-refractivity contribution in [3.05, 3.63) is 18.5 Å². The topological polar surface area (TPSA) is 27.1 Å². The lowest BCUT2D eigenvalue weighted by Crippen LogP contribution is -2.14. The molecule has 3 heteroatoms. The van der Waals surface area contributed by atoms with Gasteiger partial charge in [0.1, 0.15) is 6.20 Å². The van der Waals surface area contributed by atoms with Crippen molar-refractivity contribution >= 4 is 0 Å². The van der Waals surface area contributed by atoms with E-state index in [-0.39, 0.29) is 0 Å². The first-order valence-corrected chi connectivity index (χ1v) is 3.96. The van der Waals surface area contributed by atoms with Crippen LogP contribution < -0.4 is 0 Å². The van der Waals surface area contributed by atoms with Gasteiger partial charge in [-0.2, -0.15) is 5.10 Å². The minimum atomic E-state index is 0.378. The number of aromatic nitrogens is 2. The van der Waals surface area contributed by atoms with Gasteiger partial charge >= 0.3 is 0 Å². The van der Waals surface area contributed by atoms with Crippen LogP contribution in [0.5, 0.6) is 0 Å². The highest BCUT2D eigenvalue weighted by atomic mass is 16.5. The number of hydrogen-bond donors (Lipinski definition) is 0. The summed E-state index contributed by atoms with van der Waals surface area (Å²) in [5.74, 6) is 0. The smallest absolute Gasteiger partial charge is 0.113 e. The Balaban J connectivity index is 1.90. The zero-order valence-electron chi connectivity index (χ0n) is 6.36. The summed E-state index contributed by atoms with van der Waals surface area (Å²) in [4.78, 5) is 0. The van der Waals surface area contributed by atoms with Gasteiger partial charge in [0.2, 0.25) is 0 Å². The summed E-state index contributed by atoms with van der Waals surface area (Å²) >= 11 is 0. The molecular weight excluding hydrogens is 140 g/mol. The Kier molecular flexibility index (Phi) is 1.90. The van der Waals surface area contributed by atoms with Crippen LogP contribution in [-0.2, 0) is 11.3 Å². The normalized spacial score (nSPS) is 24.2. The fourth-order valence-electron chi connectivity index (χ4n) is 1.36. The maximum absolute atomic E-state index is 5.45. The molecule has 59 valence electrons. The average molecular weight is 151 g/mol. The largest absolute Gasteiger partial charge is 0.376 e. The van der Waals surface area contributed by atoms with Crippen LogP contribution in [0, 0.1) is 6.20 Å². The molecule has 3 nitrogen and oxygen atoms in total. The van der Waals surface area contributed by atoms with Gasteiger partial charge in [0.05, 0.1) is 12.6 Å². The summed E-state index contributed by atoms with van der Waals surface area (Å²) in [5.41, 5.74) is 0. The zero-order valence-corrected chi connectivity index (χ0v) is 6.36. The van der Waals surface area contributed by atoms with Crippen molar-refractivity contribution in [3.63, 3.8) is 0 Å². The molecule has 1 fully saturated rings. The van der Waals surface area contributed by atoms with Crippen molar-refractivity contribution in [2.75, 3.05) is 6.61 Å². The van der Waals surface area contributed by atoms with Gasteiger partial charge in [-0.05, 0) is 18.9 Å². The fraction of sp³-hybridized carbons (Fsp3) is 0.625. The summed E-state index contributed by atoms with van der Waals surface area (Å²) in [7, 11) is 0. The van der Waals surface area contributed by atoms with E-state index in [1.54, 1.807) is 0 Å². The number of nitrogens with zero attached hydrogens (tertiary/aromatic N) is 2. The van der Waals surface area contributed by atoms with Gasteiger partial charge in [0.25, 0.3) is 0 Å². The summed E-state index contributed by atoms with van der Waals surface area (Å²) in [6, 6.07) is 1.81. The van der Waals surface area contributed by atoms with Gasteiger partial charge in [-0.1, -0.05) is 0 Å². The maximum atomic E-state index is 5.45. The van der Waals surface area contributed by atoms with Crippen LogP contribution in [-0.4, -0.2) is 22.5 Å². The first-order chi connectivity index (χ1) is 5.45. The van der Waals surface area contributed by atoms with Crippen molar-refractivity contribution in [1.82, 2.24) is 9.78 Å². The fourth-order valence-corrected chi connectivity index (χ4v) is 1.36. The minimum Gasteiger partial charge on any atom is -0.376 e. The number of rotatable bonds is 2. The van der Waals surface area contributed by atoms with Crippen LogP contribution >= 0.6 is 0 Å². The van der Waals surface area contributed by atoms with Crippen molar-refractivity contribution in [2.45, 2.75) is 25.5 Å². The Labute approximate surface area is 66.0 Å². The molecule has 1 aromatic rings. The molecule has 0 saturated carbocycles. The highest BCUT2D eigenvalue weighted by molar-refractivity contribution is 4.77. The molecule has 2 heterocycles. The molecule has 0 amide bonds. The van der Waals surface area contributed by atoms with Crippen molar-refractivity contribution < 1.29 is 4.74 Å². The quantitative estimate of drug-likeness (QED) is 0.627. The summed E-state index contributed by atoms with van der Waals surface area (Å²) in [6.07, 6.45) is 7.41. The average Bonchev–Trinajstić information content (AvgIpc) is 2.60. The van der Waals surface area contributed by atoms with Gasteiger partial charge in [0, 0.05) is 12.8 Å². The Morgan fingerprint density at radius 2 is 2.73 bits per heavy atom. The summed E-state index contributed by atoms with van der Waals surface area (Å²) < 4.78 is 7.32. The van der Waals surface area contributed by atoms with E-state index in [4.69, 9.17) is 4.74 Å². The molecular formula is C8H11N2O. The van der Waals surface area contributed by atoms with E-state index in [0.29, 0.717) is 6.10 Å². The Hall–Kier alpha value is -0.830. The molecule has 1 aliphatic heterocycles. The maximum Gasteiger partial charge on any atom is 0.113 e.